The molecule has 2 aliphatic rings. The van der Waals surface area contributed by atoms with E-state index in [1.165, 1.54) is 0 Å². The second-order valence-corrected chi connectivity index (χ2v) is 7.86. The van der Waals surface area contributed by atoms with Crippen LogP contribution in [0.25, 0.3) is 0 Å². The molecule has 1 N–H and O–H groups in total. The zero-order valence-electron chi connectivity index (χ0n) is 19.0. The van der Waals surface area contributed by atoms with Gasteiger partial charge < -0.3 is 33.9 Å². The summed E-state index contributed by atoms with van der Waals surface area (Å²) in [5.74, 6) is 1.26. The maximum absolute atomic E-state index is 13.4. The molecule has 2 heterocycles. The van der Waals surface area contributed by atoms with E-state index in [-0.39, 0.29) is 31.1 Å². The van der Waals surface area contributed by atoms with E-state index < -0.39 is 5.92 Å². The zero-order valence-corrected chi connectivity index (χ0v) is 19.0. The van der Waals surface area contributed by atoms with E-state index >= 15 is 0 Å². The van der Waals surface area contributed by atoms with Crippen LogP contribution in [0.4, 0.5) is 0 Å². The number of benzene rings is 2. The minimum Gasteiger partial charge on any atom is -0.493 e. The number of ether oxygens (including phenoxy) is 5. The fraction of sp³-hybridized carbons (Fsp3) is 0.417. The minimum atomic E-state index is -0.458. The van der Waals surface area contributed by atoms with Gasteiger partial charge >= 0.3 is 0 Å². The molecule has 0 aromatic heterocycles. The Morgan fingerprint density at radius 3 is 2.64 bits per heavy atom. The molecule has 0 bridgehead atoms. The first kappa shape index (κ1) is 22.7. The molecule has 1 fully saturated rings. The molecule has 0 aliphatic carbocycles. The average Bonchev–Trinajstić information content (AvgIpc) is 3.50. The molecular formula is C24H28N2O7. The van der Waals surface area contributed by atoms with E-state index in [9.17, 15) is 9.59 Å². The quantitative estimate of drug-likeness (QED) is 0.608. The van der Waals surface area contributed by atoms with Crippen molar-refractivity contribution in [3.63, 3.8) is 0 Å². The Kier molecular flexibility index (Phi) is 6.88. The normalized spacial score (nSPS) is 18.8. The molecule has 0 saturated carbocycles. The maximum atomic E-state index is 13.4. The summed E-state index contributed by atoms with van der Waals surface area (Å²) in [6.07, 6.45) is 0. The third-order valence-corrected chi connectivity index (χ3v) is 6.00. The van der Waals surface area contributed by atoms with Gasteiger partial charge in [-0.1, -0.05) is 12.1 Å². The molecule has 2 aromatic carbocycles. The van der Waals surface area contributed by atoms with Crippen molar-refractivity contribution in [1.29, 1.82) is 0 Å². The van der Waals surface area contributed by atoms with Crippen LogP contribution in [0, 0.1) is 5.92 Å². The Bertz CT molecular complexity index is 1030. The third-order valence-electron chi connectivity index (χ3n) is 6.00. The van der Waals surface area contributed by atoms with Crippen molar-refractivity contribution in [2.45, 2.75) is 5.92 Å². The summed E-state index contributed by atoms with van der Waals surface area (Å²) in [4.78, 5) is 28.2. The first-order valence-electron chi connectivity index (χ1n) is 10.7. The number of para-hydroxylation sites is 1. The van der Waals surface area contributed by atoms with Gasteiger partial charge in [0.15, 0.2) is 23.0 Å². The summed E-state index contributed by atoms with van der Waals surface area (Å²) in [6.45, 7) is 1.57. The fourth-order valence-corrected chi connectivity index (χ4v) is 4.37. The van der Waals surface area contributed by atoms with Gasteiger partial charge in [-0.05, 0) is 24.3 Å². The number of carbonyl (C=O) groups excluding carboxylic acids is 2. The Balaban J connectivity index is 1.63. The van der Waals surface area contributed by atoms with Gasteiger partial charge in [0.1, 0.15) is 0 Å². The van der Waals surface area contributed by atoms with Crippen molar-refractivity contribution in [3.05, 3.63) is 47.5 Å². The molecule has 0 radical (unpaired) electrons. The molecule has 2 unspecified atom stereocenters. The standard InChI is InChI=1S/C24H28N2O7/c1-29-10-9-25-23(27)18-13-26(24(28)15-7-8-19-21(11-15)33-14-32-19)12-17(18)16-5-4-6-20(30-2)22(16)31-3/h4-8,11,17-18H,9-10,12-14H2,1-3H3,(H,25,27). The van der Waals surface area contributed by atoms with E-state index in [0.717, 1.165) is 5.56 Å². The SMILES string of the molecule is COCCNC(=O)C1CN(C(=O)c2ccc3c(c2)OCO3)CC1c1cccc(OC)c1OC. The summed E-state index contributed by atoms with van der Waals surface area (Å²) in [6, 6.07) is 10.7. The van der Waals surface area contributed by atoms with Crippen molar-refractivity contribution in [1.82, 2.24) is 10.2 Å². The first-order valence-corrected chi connectivity index (χ1v) is 10.7. The summed E-state index contributed by atoms with van der Waals surface area (Å²) >= 11 is 0. The van der Waals surface area contributed by atoms with Crippen molar-refractivity contribution in [2.24, 2.45) is 5.92 Å². The molecule has 33 heavy (non-hydrogen) atoms. The van der Waals surface area contributed by atoms with Gasteiger partial charge in [-0.25, -0.2) is 0 Å². The Morgan fingerprint density at radius 2 is 1.88 bits per heavy atom. The smallest absolute Gasteiger partial charge is 0.254 e. The molecule has 4 rings (SSSR count). The van der Waals surface area contributed by atoms with Crippen LogP contribution in [0.3, 0.4) is 0 Å². The molecule has 1 saturated heterocycles. The van der Waals surface area contributed by atoms with E-state index in [1.54, 1.807) is 50.5 Å². The van der Waals surface area contributed by atoms with Gasteiger partial charge in [-0.2, -0.15) is 0 Å². The molecule has 2 aliphatic heterocycles. The number of hydrogen-bond acceptors (Lipinski definition) is 7. The zero-order chi connectivity index (χ0) is 23.4. The summed E-state index contributed by atoms with van der Waals surface area (Å²) in [5.41, 5.74) is 1.31. The van der Waals surface area contributed by atoms with Crippen LogP contribution in [0.2, 0.25) is 0 Å². The highest BCUT2D eigenvalue weighted by atomic mass is 16.7. The van der Waals surface area contributed by atoms with Gasteiger partial charge in [0, 0.05) is 43.8 Å². The number of rotatable bonds is 8. The lowest BCUT2D eigenvalue weighted by Crippen LogP contribution is -2.37. The van der Waals surface area contributed by atoms with E-state index in [1.807, 2.05) is 12.1 Å². The largest absolute Gasteiger partial charge is 0.493 e. The van der Waals surface area contributed by atoms with Gasteiger partial charge in [0.05, 0.1) is 26.7 Å². The number of fused-ring (bicyclic) bond motifs is 1. The van der Waals surface area contributed by atoms with Crippen LogP contribution in [-0.2, 0) is 9.53 Å². The van der Waals surface area contributed by atoms with Gasteiger partial charge in [0.2, 0.25) is 12.7 Å². The van der Waals surface area contributed by atoms with Gasteiger partial charge in [0.25, 0.3) is 5.91 Å². The van der Waals surface area contributed by atoms with Crippen molar-refractivity contribution in [2.75, 3.05) is 54.4 Å². The van der Waals surface area contributed by atoms with Crippen LogP contribution in [0.1, 0.15) is 21.8 Å². The highest BCUT2D eigenvalue weighted by molar-refractivity contribution is 5.96. The highest BCUT2D eigenvalue weighted by Gasteiger charge is 2.42. The van der Waals surface area contributed by atoms with Crippen LogP contribution in [-0.4, -0.2) is 71.1 Å². The first-order chi connectivity index (χ1) is 16.1. The molecule has 0 spiro atoms. The van der Waals surface area contributed by atoms with Crippen LogP contribution in [0.15, 0.2) is 36.4 Å². The highest BCUT2D eigenvalue weighted by Crippen LogP contribution is 2.42. The lowest BCUT2D eigenvalue weighted by atomic mass is 9.87. The number of hydrogen-bond donors (Lipinski definition) is 1. The average molecular weight is 456 g/mol. The van der Waals surface area contributed by atoms with Crippen LogP contribution >= 0.6 is 0 Å². The van der Waals surface area contributed by atoms with Crippen LogP contribution in [0.5, 0.6) is 23.0 Å². The molecule has 9 heteroatoms. The second-order valence-electron chi connectivity index (χ2n) is 7.86. The lowest BCUT2D eigenvalue weighted by molar-refractivity contribution is -0.125. The number of methoxy groups -OCH3 is 3. The lowest BCUT2D eigenvalue weighted by Gasteiger charge is -2.21. The minimum absolute atomic E-state index is 0.136. The monoisotopic (exact) mass is 456 g/mol. The van der Waals surface area contributed by atoms with Crippen molar-refractivity contribution < 1.29 is 33.3 Å². The Hall–Kier alpha value is -3.46. The number of likely N-dealkylation sites (tertiary alicyclic amines) is 1. The van der Waals surface area contributed by atoms with E-state index in [2.05, 4.69) is 5.32 Å². The summed E-state index contributed by atoms with van der Waals surface area (Å²) in [7, 11) is 4.72. The topological polar surface area (TPSA) is 95.6 Å². The maximum Gasteiger partial charge on any atom is 0.254 e. The predicted octanol–water partition coefficient (Wildman–Crippen LogP) is 2.05. The van der Waals surface area contributed by atoms with E-state index in [4.69, 9.17) is 23.7 Å². The van der Waals surface area contributed by atoms with Gasteiger partial charge in [-0.3, -0.25) is 9.59 Å². The fourth-order valence-electron chi connectivity index (χ4n) is 4.37. The molecule has 2 aromatic rings. The molecule has 176 valence electrons. The Morgan fingerprint density at radius 1 is 1.06 bits per heavy atom. The third kappa shape index (κ3) is 4.54. The molecular weight excluding hydrogens is 428 g/mol. The molecule has 2 amide bonds. The van der Waals surface area contributed by atoms with E-state index in [0.29, 0.717) is 48.3 Å². The summed E-state index contributed by atoms with van der Waals surface area (Å²) < 4.78 is 26.9. The summed E-state index contributed by atoms with van der Waals surface area (Å²) in [5, 5.41) is 2.91. The van der Waals surface area contributed by atoms with Gasteiger partial charge in [-0.15, -0.1) is 0 Å². The number of carbonyl (C=O) groups is 2. The van der Waals surface area contributed by atoms with Crippen molar-refractivity contribution in [3.8, 4) is 23.0 Å². The molecule has 2 atom stereocenters. The Labute approximate surface area is 192 Å². The second kappa shape index (κ2) is 9.99. The predicted molar refractivity (Wildman–Crippen MR) is 119 cm³/mol. The molecule has 9 nitrogen and oxygen atoms in total. The number of nitrogens with zero attached hydrogens (tertiary/aromatic N) is 1. The number of nitrogens with one attached hydrogen (secondary N) is 1. The van der Waals surface area contributed by atoms with Crippen LogP contribution < -0.4 is 24.3 Å². The van der Waals surface area contributed by atoms with Crippen molar-refractivity contribution >= 4 is 11.8 Å². The number of amides is 2.